The molecule has 1 heterocycles. The summed E-state index contributed by atoms with van der Waals surface area (Å²) in [6.45, 7) is 2.79. The molecule has 1 aliphatic heterocycles. The van der Waals surface area contributed by atoms with E-state index in [9.17, 15) is 0 Å². The third kappa shape index (κ3) is 1.63. The van der Waals surface area contributed by atoms with Gasteiger partial charge in [0.25, 0.3) is 0 Å². The van der Waals surface area contributed by atoms with Crippen LogP contribution in [0.1, 0.15) is 12.0 Å². The van der Waals surface area contributed by atoms with Gasteiger partial charge >= 0.3 is 0 Å². The topological polar surface area (TPSA) is 12.5 Å². The molecule has 0 amide bonds. The Hall–Kier alpha value is -1.12. The molecule has 0 spiro atoms. The fourth-order valence-electron chi connectivity index (χ4n) is 4.02. The van der Waals surface area contributed by atoms with Crippen molar-refractivity contribution < 1.29 is 4.74 Å². The second kappa shape index (κ2) is 4.22. The van der Waals surface area contributed by atoms with Crippen molar-refractivity contribution in [2.45, 2.75) is 19.0 Å². The van der Waals surface area contributed by atoms with Crippen LogP contribution < -0.4 is 0 Å². The summed E-state index contributed by atoms with van der Waals surface area (Å²) in [7, 11) is 0. The van der Waals surface area contributed by atoms with Gasteiger partial charge in [0.2, 0.25) is 0 Å². The zero-order chi connectivity index (χ0) is 11.9. The second-order valence-electron chi connectivity index (χ2n) is 5.84. The molecule has 0 aromatic heterocycles. The van der Waals surface area contributed by atoms with E-state index in [-0.39, 0.29) is 0 Å². The van der Waals surface area contributed by atoms with Gasteiger partial charge in [-0.05, 0) is 23.8 Å². The van der Waals surface area contributed by atoms with Crippen LogP contribution in [0.4, 0.5) is 0 Å². The van der Waals surface area contributed by atoms with Gasteiger partial charge in [0.05, 0.1) is 13.3 Å². The van der Waals surface area contributed by atoms with E-state index >= 15 is 0 Å². The molecule has 4 atom stereocenters. The molecule has 2 bridgehead atoms. The Morgan fingerprint density at radius 2 is 1.94 bits per heavy atom. The summed E-state index contributed by atoms with van der Waals surface area (Å²) >= 11 is 0. The highest BCUT2D eigenvalue weighted by molar-refractivity contribution is 5.19. The fraction of sp³-hybridized carbons (Fsp3) is 0.500. The van der Waals surface area contributed by atoms with Gasteiger partial charge in [-0.2, -0.15) is 0 Å². The summed E-state index contributed by atoms with van der Waals surface area (Å²) in [5.41, 5.74) is 1.40. The quantitative estimate of drug-likeness (QED) is 0.738. The summed E-state index contributed by atoms with van der Waals surface area (Å²) in [5, 5.41) is 0. The first-order valence-corrected chi connectivity index (χ1v) is 6.96. The van der Waals surface area contributed by atoms with E-state index < -0.39 is 0 Å². The molecule has 2 fully saturated rings. The number of fused-ring (bicyclic) bond motifs is 5. The number of rotatable bonds is 2. The van der Waals surface area contributed by atoms with Crippen LogP contribution in [0.15, 0.2) is 42.5 Å². The smallest absolute Gasteiger partial charge is 0.0995 e. The Labute approximate surface area is 108 Å². The Morgan fingerprint density at radius 3 is 2.83 bits per heavy atom. The Morgan fingerprint density at radius 1 is 1.11 bits per heavy atom. The maximum Gasteiger partial charge on any atom is 0.0995 e. The number of hydrogen-bond acceptors (Lipinski definition) is 2. The zero-order valence-electron chi connectivity index (χ0n) is 10.5. The molecule has 1 saturated heterocycles. The van der Waals surface area contributed by atoms with E-state index in [0.717, 1.165) is 37.6 Å². The maximum absolute atomic E-state index is 5.81. The molecule has 1 aromatic rings. The first kappa shape index (κ1) is 10.8. The molecule has 2 aliphatic carbocycles. The van der Waals surface area contributed by atoms with Gasteiger partial charge in [-0.15, -0.1) is 0 Å². The van der Waals surface area contributed by atoms with Crippen LogP contribution >= 0.6 is 0 Å². The molecule has 0 unspecified atom stereocenters. The van der Waals surface area contributed by atoms with Crippen molar-refractivity contribution in [3.05, 3.63) is 48.0 Å². The molecule has 4 rings (SSSR count). The predicted molar refractivity (Wildman–Crippen MR) is 70.8 cm³/mol. The molecule has 0 N–H and O–H groups in total. The van der Waals surface area contributed by atoms with E-state index in [1.54, 1.807) is 0 Å². The number of benzene rings is 1. The molecule has 18 heavy (non-hydrogen) atoms. The minimum absolute atomic E-state index is 0.717. The van der Waals surface area contributed by atoms with E-state index in [1.807, 2.05) is 0 Å². The van der Waals surface area contributed by atoms with Crippen LogP contribution in [-0.4, -0.2) is 24.3 Å². The molecule has 2 heteroatoms. The third-order valence-electron chi connectivity index (χ3n) is 4.79. The number of hydrogen-bond donors (Lipinski definition) is 0. The van der Waals surface area contributed by atoms with Gasteiger partial charge in [-0.25, -0.2) is 0 Å². The van der Waals surface area contributed by atoms with Crippen LogP contribution in [0.2, 0.25) is 0 Å². The predicted octanol–water partition coefficient (Wildman–Crippen LogP) is 2.67. The Bertz CT molecular complexity index is 455. The average Bonchev–Trinajstić information content (AvgIpc) is 3.02. The van der Waals surface area contributed by atoms with Crippen LogP contribution in [0.5, 0.6) is 0 Å². The summed E-state index contributed by atoms with van der Waals surface area (Å²) in [5.74, 6) is 2.28. The highest BCUT2D eigenvalue weighted by Gasteiger charge is 2.48. The van der Waals surface area contributed by atoms with E-state index in [2.05, 4.69) is 47.4 Å². The summed E-state index contributed by atoms with van der Waals surface area (Å²) in [6.07, 6.45) is 6.21. The third-order valence-corrected chi connectivity index (χ3v) is 4.79. The highest BCUT2D eigenvalue weighted by Crippen LogP contribution is 2.47. The van der Waals surface area contributed by atoms with Crippen LogP contribution in [0, 0.1) is 17.8 Å². The van der Waals surface area contributed by atoms with Gasteiger partial charge in [-0.1, -0.05) is 42.5 Å². The lowest BCUT2D eigenvalue weighted by Gasteiger charge is -2.42. The van der Waals surface area contributed by atoms with Crippen molar-refractivity contribution in [2.75, 3.05) is 13.3 Å². The van der Waals surface area contributed by atoms with Crippen LogP contribution in [0.25, 0.3) is 0 Å². The van der Waals surface area contributed by atoms with E-state index in [0.29, 0.717) is 6.04 Å². The van der Waals surface area contributed by atoms with Crippen molar-refractivity contribution in [2.24, 2.45) is 17.8 Å². The minimum atomic E-state index is 0.717. The lowest BCUT2D eigenvalue weighted by atomic mass is 9.87. The molecule has 1 saturated carbocycles. The Kier molecular flexibility index (Phi) is 2.52. The van der Waals surface area contributed by atoms with Crippen molar-refractivity contribution in [1.82, 2.24) is 4.90 Å². The second-order valence-corrected chi connectivity index (χ2v) is 5.84. The lowest BCUT2D eigenvalue weighted by Crippen LogP contribution is -2.49. The molecule has 1 aromatic carbocycles. The van der Waals surface area contributed by atoms with Gasteiger partial charge in [0, 0.05) is 18.5 Å². The SMILES string of the molecule is C1=C[C@H]2C[C@@H]1[C@H]1[C@@H]2COCN1Cc1ccccc1. The lowest BCUT2D eigenvalue weighted by molar-refractivity contribution is -0.0906. The van der Waals surface area contributed by atoms with Crippen molar-refractivity contribution in [1.29, 1.82) is 0 Å². The summed E-state index contributed by atoms with van der Waals surface area (Å²) in [6, 6.07) is 11.5. The molecular formula is C16H19NO. The standard InChI is InChI=1S/C16H19NO/c1-2-4-12(5-3-1)9-17-11-18-10-15-13-6-7-14(8-13)16(15)17/h1-7,13-16H,8-11H2/t13-,14+,15+,16-/m0/s1. The number of ether oxygens (including phenoxy) is 1. The van der Waals surface area contributed by atoms with Crippen LogP contribution in [0.3, 0.4) is 0 Å². The van der Waals surface area contributed by atoms with Gasteiger partial charge in [0.1, 0.15) is 0 Å². The highest BCUT2D eigenvalue weighted by atomic mass is 16.5. The monoisotopic (exact) mass is 241 g/mol. The normalized spacial score (nSPS) is 38.0. The van der Waals surface area contributed by atoms with Gasteiger partial charge < -0.3 is 4.74 Å². The molecular weight excluding hydrogens is 222 g/mol. The van der Waals surface area contributed by atoms with E-state index in [1.165, 1.54) is 12.0 Å². The first-order valence-electron chi connectivity index (χ1n) is 6.96. The summed E-state index contributed by atoms with van der Waals surface area (Å²) < 4.78 is 5.81. The van der Waals surface area contributed by atoms with Gasteiger partial charge in [0.15, 0.2) is 0 Å². The molecule has 0 radical (unpaired) electrons. The zero-order valence-corrected chi connectivity index (χ0v) is 10.5. The Balaban J connectivity index is 1.56. The summed E-state index contributed by atoms with van der Waals surface area (Å²) in [4.78, 5) is 2.54. The van der Waals surface area contributed by atoms with Gasteiger partial charge in [-0.3, -0.25) is 4.90 Å². The molecule has 94 valence electrons. The number of allylic oxidation sites excluding steroid dienone is 1. The largest absolute Gasteiger partial charge is 0.366 e. The first-order chi connectivity index (χ1) is 8.92. The number of nitrogens with zero attached hydrogens (tertiary/aromatic N) is 1. The molecule has 3 aliphatic rings. The average molecular weight is 241 g/mol. The minimum Gasteiger partial charge on any atom is -0.366 e. The maximum atomic E-state index is 5.81. The van der Waals surface area contributed by atoms with Crippen molar-refractivity contribution in [3.63, 3.8) is 0 Å². The van der Waals surface area contributed by atoms with Crippen LogP contribution in [-0.2, 0) is 11.3 Å². The fourth-order valence-corrected chi connectivity index (χ4v) is 4.02. The van der Waals surface area contributed by atoms with Crippen molar-refractivity contribution in [3.8, 4) is 0 Å². The van der Waals surface area contributed by atoms with Crippen molar-refractivity contribution >= 4 is 0 Å². The molecule has 2 nitrogen and oxygen atoms in total. The van der Waals surface area contributed by atoms with E-state index in [4.69, 9.17) is 4.74 Å².